The molecule has 2 heterocycles. The van der Waals surface area contributed by atoms with Gasteiger partial charge in [0, 0.05) is 33.1 Å². The summed E-state index contributed by atoms with van der Waals surface area (Å²) in [5, 5.41) is 1.05. The summed E-state index contributed by atoms with van der Waals surface area (Å²) >= 11 is 0. The van der Waals surface area contributed by atoms with E-state index in [1.165, 1.54) is 65.5 Å². The highest BCUT2D eigenvalue weighted by Crippen LogP contribution is 2.68. The van der Waals surface area contributed by atoms with E-state index >= 15 is 0 Å². The van der Waals surface area contributed by atoms with Crippen molar-refractivity contribution >= 4 is 10.9 Å². The molecule has 57 heavy (non-hydrogen) atoms. The summed E-state index contributed by atoms with van der Waals surface area (Å²) in [5.41, 5.74) is 14.0. The lowest BCUT2D eigenvalue weighted by atomic mass is 9.42. The number of hydrogen-bond donors (Lipinski definition) is 0. The van der Waals surface area contributed by atoms with Gasteiger partial charge in [-0.15, -0.1) is 0 Å². The van der Waals surface area contributed by atoms with Crippen molar-refractivity contribution < 1.29 is 4.74 Å². The fourth-order valence-electron chi connectivity index (χ4n) is 11.7. The molecule has 0 saturated heterocycles. The molecule has 3 nitrogen and oxygen atoms in total. The zero-order valence-corrected chi connectivity index (χ0v) is 31.8. The Morgan fingerprint density at radius 1 is 0.404 bits per heavy atom. The van der Waals surface area contributed by atoms with Crippen molar-refractivity contribution in [1.82, 2.24) is 9.97 Å². The predicted molar refractivity (Wildman–Crippen MR) is 231 cm³/mol. The van der Waals surface area contributed by atoms with Gasteiger partial charge in [-0.1, -0.05) is 146 Å². The van der Waals surface area contributed by atoms with Gasteiger partial charge in [0.25, 0.3) is 0 Å². The number of benzene rings is 7. The molecule has 4 fully saturated rings. The molecule has 4 saturated carbocycles. The molecule has 3 heteroatoms. The Morgan fingerprint density at radius 2 is 0.947 bits per heavy atom. The van der Waals surface area contributed by atoms with Crippen LogP contribution in [-0.4, -0.2) is 9.97 Å². The summed E-state index contributed by atoms with van der Waals surface area (Å²) < 4.78 is 6.79. The van der Waals surface area contributed by atoms with Crippen LogP contribution in [0.3, 0.4) is 0 Å². The van der Waals surface area contributed by atoms with E-state index in [1.54, 1.807) is 0 Å². The molecule has 0 radical (unpaired) electrons. The first-order chi connectivity index (χ1) is 28.2. The molecule has 13 rings (SSSR count). The topological polar surface area (TPSA) is 35.0 Å². The molecule has 8 aromatic rings. The molecule has 274 valence electrons. The second-order valence-corrected chi connectivity index (χ2v) is 17.0. The normalized spacial score (nSPS) is 22.6. The third-order valence-electron chi connectivity index (χ3n) is 13.9. The smallest absolute Gasteiger partial charge is 0.160 e. The van der Waals surface area contributed by atoms with Gasteiger partial charge in [-0.2, -0.15) is 0 Å². The Balaban J connectivity index is 0.864. The van der Waals surface area contributed by atoms with Crippen LogP contribution in [-0.2, 0) is 5.41 Å². The average Bonchev–Trinajstić information content (AvgIpc) is 3.27. The van der Waals surface area contributed by atoms with Crippen molar-refractivity contribution in [1.29, 1.82) is 0 Å². The van der Waals surface area contributed by atoms with Crippen LogP contribution >= 0.6 is 0 Å². The van der Waals surface area contributed by atoms with Crippen LogP contribution in [0, 0.1) is 23.7 Å². The monoisotopic (exact) mass is 734 g/mol. The van der Waals surface area contributed by atoms with Crippen LogP contribution < -0.4 is 4.74 Å². The molecule has 5 aliphatic rings. The van der Waals surface area contributed by atoms with Crippen molar-refractivity contribution in [2.24, 2.45) is 23.7 Å². The van der Waals surface area contributed by atoms with Gasteiger partial charge in [0.15, 0.2) is 5.82 Å². The molecule has 4 aliphatic carbocycles. The van der Waals surface area contributed by atoms with Crippen molar-refractivity contribution in [2.45, 2.75) is 37.5 Å². The zero-order valence-electron chi connectivity index (χ0n) is 31.8. The molecule has 0 unspecified atom stereocenters. The van der Waals surface area contributed by atoms with Crippen LogP contribution in [0.5, 0.6) is 11.5 Å². The fraction of sp³-hybridized carbons (Fsp3) is 0.185. The largest absolute Gasteiger partial charge is 0.457 e. The standard InChI is InChI=1S/C54H42N2O/c1-2-9-36(10-3-1)37-21-23-40(24-22-37)52-46-13-4-6-15-49(46)55-53(56-52)43-12-8-11-41(32-43)38-17-19-39(20-18-38)42-25-26-48-51(33-42)57-50-16-7-5-14-47(50)54(48)44-28-34-27-35(30-44)31-45(54)29-34/h1-26,32-35,44-45H,27-31H2. The Labute approximate surface area is 334 Å². The molecule has 0 atom stereocenters. The summed E-state index contributed by atoms with van der Waals surface area (Å²) in [4.78, 5) is 10.3. The minimum absolute atomic E-state index is 0.0769. The number of para-hydroxylation sites is 2. The summed E-state index contributed by atoms with van der Waals surface area (Å²) in [7, 11) is 0. The molecule has 1 spiro atoms. The molecule has 0 N–H and O–H groups in total. The lowest BCUT2D eigenvalue weighted by Gasteiger charge is -2.63. The average molecular weight is 735 g/mol. The van der Waals surface area contributed by atoms with E-state index in [2.05, 4.69) is 164 Å². The van der Waals surface area contributed by atoms with Crippen molar-refractivity contribution in [2.75, 3.05) is 0 Å². The Bertz CT molecular complexity index is 2790. The van der Waals surface area contributed by atoms with Crippen LogP contribution in [0.25, 0.3) is 66.9 Å². The number of rotatable bonds is 5. The number of ether oxygens (including phenoxy) is 1. The quantitative estimate of drug-likeness (QED) is 0.177. The fourth-order valence-corrected chi connectivity index (χ4v) is 11.7. The van der Waals surface area contributed by atoms with E-state index in [0.29, 0.717) is 11.8 Å². The summed E-state index contributed by atoms with van der Waals surface area (Å²) in [6.45, 7) is 0. The highest BCUT2D eigenvalue weighted by molar-refractivity contribution is 5.94. The summed E-state index contributed by atoms with van der Waals surface area (Å²) in [6, 6.07) is 61.2. The Hall–Kier alpha value is -6.32. The highest BCUT2D eigenvalue weighted by Gasteiger charge is 2.61. The lowest BCUT2D eigenvalue weighted by Crippen LogP contribution is -2.56. The first-order valence-electron chi connectivity index (χ1n) is 20.7. The van der Waals surface area contributed by atoms with Crippen LogP contribution in [0.4, 0.5) is 0 Å². The third-order valence-corrected chi connectivity index (χ3v) is 13.9. The van der Waals surface area contributed by atoms with Gasteiger partial charge in [-0.25, -0.2) is 9.97 Å². The Morgan fingerprint density at radius 3 is 1.70 bits per heavy atom. The maximum atomic E-state index is 6.79. The third kappa shape index (κ3) is 5.25. The van der Waals surface area contributed by atoms with Gasteiger partial charge in [-0.3, -0.25) is 0 Å². The second-order valence-electron chi connectivity index (χ2n) is 17.0. The van der Waals surface area contributed by atoms with Gasteiger partial charge >= 0.3 is 0 Å². The summed E-state index contributed by atoms with van der Waals surface area (Å²) in [6.07, 6.45) is 6.91. The number of nitrogens with zero attached hydrogens (tertiary/aromatic N) is 2. The van der Waals surface area contributed by atoms with E-state index in [1.807, 2.05) is 6.07 Å². The van der Waals surface area contributed by atoms with Crippen LogP contribution in [0.15, 0.2) is 170 Å². The zero-order chi connectivity index (χ0) is 37.5. The minimum Gasteiger partial charge on any atom is -0.457 e. The van der Waals surface area contributed by atoms with Gasteiger partial charge in [-0.05, 0) is 113 Å². The van der Waals surface area contributed by atoms with E-state index in [-0.39, 0.29) is 5.41 Å². The van der Waals surface area contributed by atoms with Gasteiger partial charge in [0.05, 0.1) is 11.2 Å². The van der Waals surface area contributed by atoms with Gasteiger partial charge in [0.1, 0.15) is 11.5 Å². The minimum atomic E-state index is 0.0769. The van der Waals surface area contributed by atoms with Crippen LogP contribution in [0.2, 0.25) is 0 Å². The van der Waals surface area contributed by atoms with Gasteiger partial charge < -0.3 is 4.74 Å². The first kappa shape index (κ1) is 32.9. The first-order valence-corrected chi connectivity index (χ1v) is 20.7. The number of hydrogen-bond acceptors (Lipinski definition) is 3. The molecule has 7 aromatic carbocycles. The molecule has 0 amide bonds. The van der Waals surface area contributed by atoms with E-state index in [4.69, 9.17) is 14.7 Å². The maximum absolute atomic E-state index is 6.79. The van der Waals surface area contributed by atoms with E-state index < -0.39 is 0 Å². The van der Waals surface area contributed by atoms with Crippen molar-refractivity contribution in [3.8, 4) is 67.5 Å². The number of aromatic nitrogens is 2. The maximum Gasteiger partial charge on any atom is 0.160 e. The predicted octanol–water partition coefficient (Wildman–Crippen LogP) is 13.8. The van der Waals surface area contributed by atoms with Crippen molar-refractivity contribution in [3.63, 3.8) is 0 Å². The summed E-state index contributed by atoms with van der Waals surface area (Å²) in [5.74, 6) is 6.08. The molecular formula is C54H42N2O. The molecular weight excluding hydrogens is 693 g/mol. The lowest BCUT2D eigenvalue weighted by molar-refractivity contribution is -0.0452. The van der Waals surface area contributed by atoms with Crippen LogP contribution in [0.1, 0.15) is 43.2 Å². The SMILES string of the molecule is c1ccc(-c2ccc(-c3nc(-c4cccc(-c5ccc(-c6ccc7c(c6)Oc6ccccc6C76C7CC8CC(C7)CC6C8)cc5)c4)nc4ccccc34)cc2)cc1. The second kappa shape index (κ2) is 12.9. The van der Waals surface area contributed by atoms with Gasteiger partial charge in [0.2, 0.25) is 0 Å². The molecule has 1 aromatic heterocycles. The molecule has 1 aliphatic heterocycles. The van der Waals surface area contributed by atoms with E-state index in [0.717, 1.165) is 68.0 Å². The highest BCUT2D eigenvalue weighted by atomic mass is 16.5. The van der Waals surface area contributed by atoms with Crippen molar-refractivity contribution in [3.05, 3.63) is 181 Å². The number of fused-ring (bicyclic) bond motifs is 3. The Kier molecular flexibility index (Phi) is 7.42. The molecule has 4 bridgehead atoms. The van der Waals surface area contributed by atoms with E-state index in [9.17, 15) is 0 Å².